The Bertz CT molecular complexity index is 884. The first-order valence-corrected chi connectivity index (χ1v) is 9.17. The van der Waals surface area contributed by atoms with E-state index in [1.165, 1.54) is 5.57 Å². The van der Waals surface area contributed by atoms with E-state index in [4.69, 9.17) is 4.74 Å². The van der Waals surface area contributed by atoms with Gasteiger partial charge in [0.2, 0.25) is 5.91 Å². The summed E-state index contributed by atoms with van der Waals surface area (Å²) in [5.41, 5.74) is 5.25. The topological polar surface area (TPSA) is 41.6 Å². The Hall–Kier alpha value is -2.85. The molecule has 0 radical (unpaired) electrons. The summed E-state index contributed by atoms with van der Waals surface area (Å²) in [5, 5.41) is 2.91. The predicted octanol–water partition coefficient (Wildman–Crippen LogP) is 4.37. The summed E-state index contributed by atoms with van der Waals surface area (Å²) >= 11 is 0. The molecule has 1 amide bonds. The third kappa shape index (κ3) is 4.86. The average molecular weight is 362 g/mol. The Morgan fingerprint density at radius 2 is 2.04 bits per heavy atom. The van der Waals surface area contributed by atoms with E-state index in [1.807, 2.05) is 49.4 Å². The molecule has 27 heavy (non-hydrogen) atoms. The van der Waals surface area contributed by atoms with Gasteiger partial charge in [-0.05, 0) is 55.3 Å². The van der Waals surface area contributed by atoms with E-state index in [-0.39, 0.29) is 5.91 Å². The van der Waals surface area contributed by atoms with E-state index in [9.17, 15) is 4.79 Å². The van der Waals surface area contributed by atoms with Crippen LogP contribution < -0.4 is 10.1 Å². The summed E-state index contributed by atoms with van der Waals surface area (Å²) in [6.07, 6.45) is 6.63. The third-order valence-corrected chi connectivity index (χ3v) is 4.81. The number of nitrogens with one attached hydrogen (secondary N) is 1. The number of rotatable bonds is 5. The number of methoxy groups -OCH3 is 1. The molecule has 1 N–H and O–H groups in total. The van der Waals surface area contributed by atoms with Crippen molar-refractivity contribution in [3.05, 3.63) is 71.3 Å². The summed E-state index contributed by atoms with van der Waals surface area (Å²) in [6, 6.07) is 13.8. The molecule has 4 nitrogen and oxygen atoms in total. The molecule has 0 atom stereocenters. The number of para-hydroxylation sites is 1. The second-order valence-corrected chi connectivity index (χ2v) is 6.84. The molecule has 0 unspecified atom stereocenters. The first kappa shape index (κ1) is 18.9. The highest BCUT2D eigenvalue weighted by Gasteiger charge is 2.13. The van der Waals surface area contributed by atoms with E-state index in [0.717, 1.165) is 47.6 Å². The second-order valence-electron chi connectivity index (χ2n) is 6.84. The highest BCUT2D eigenvalue weighted by molar-refractivity contribution is 6.02. The minimum absolute atomic E-state index is 0.148. The van der Waals surface area contributed by atoms with E-state index in [0.29, 0.717) is 0 Å². The van der Waals surface area contributed by atoms with Crippen LogP contribution in [0.2, 0.25) is 0 Å². The lowest BCUT2D eigenvalue weighted by Crippen LogP contribution is -2.23. The molecule has 0 aromatic heterocycles. The molecule has 0 fully saturated rings. The standard InChI is InChI=1S/C23H26N2O2/c1-17-6-4-5-7-21(17)24-23(26)11-9-18-8-10-20(22(16-18)27-3)19-12-14-25(2)15-13-19/h4-12,16H,13-15H2,1-3H3,(H,24,26)/b11-9+. The normalized spacial score (nSPS) is 14.9. The minimum Gasteiger partial charge on any atom is -0.496 e. The fraction of sp³-hybridized carbons (Fsp3) is 0.261. The van der Waals surface area contributed by atoms with Crippen LogP contribution in [0.4, 0.5) is 5.69 Å². The van der Waals surface area contributed by atoms with Gasteiger partial charge in [0.25, 0.3) is 0 Å². The molecule has 1 heterocycles. The van der Waals surface area contributed by atoms with Crippen molar-refractivity contribution in [1.29, 1.82) is 0 Å². The maximum Gasteiger partial charge on any atom is 0.248 e. The highest BCUT2D eigenvalue weighted by Crippen LogP contribution is 2.31. The predicted molar refractivity (Wildman–Crippen MR) is 112 cm³/mol. The molecule has 2 aromatic carbocycles. The first-order valence-electron chi connectivity index (χ1n) is 9.17. The molecule has 140 valence electrons. The van der Waals surface area contributed by atoms with Gasteiger partial charge in [-0.15, -0.1) is 0 Å². The average Bonchev–Trinajstić information content (AvgIpc) is 2.68. The van der Waals surface area contributed by atoms with Crippen LogP contribution in [0.3, 0.4) is 0 Å². The zero-order chi connectivity index (χ0) is 19.2. The minimum atomic E-state index is -0.148. The van der Waals surface area contributed by atoms with Gasteiger partial charge in [-0.1, -0.05) is 36.4 Å². The van der Waals surface area contributed by atoms with Crippen LogP contribution >= 0.6 is 0 Å². The van der Waals surface area contributed by atoms with Gasteiger partial charge in [0.05, 0.1) is 7.11 Å². The number of hydrogen-bond acceptors (Lipinski definition) is 3. The van der Waals surface area contributed by atoms with Crippen LogP contribution in [0.5, 0.6) is 5.75 Å². The largest absolute Gasteiger partial charge is 0.496 e. The smallest absolute Gasteiger partial charge is 0.248 e. The Morgan fingerprint density at radius 1 is 1.22 bits per heavy atom. The van der Waals surface area contributed by atoms with Gasteiger partial charge in [-0.25, -0.2) is 0 Å². The van der Waals surface area contributed by atoms with Gasteiger partial charge in [-0.3, -0.25) is 4.79 Å². The molecule has 1 aliphatic heterocycles. The number of ether oxygens (including phenoxy) is 1. The van der Waals surface area contributed by atoms with Crippen molar-refractivity contribution in [3.63, 3.8) is 0 Å². The molecule has 0 saturated heterocycles. The summed E-state index contributed by atoms with van der Waals surface area (Å²) in [5.74, 6) is 0.692. The molecule has 0 bridgehead atoms. The molecule has 0 aliphatic carbocycles. The summed E-state index contributed by atoms with van der Waals surface area (Å²) in [4.78, 5) is 14.5. The van der Waals surface area contributed by atoms with Crippen molar-refractivity contribution in [2.75, 3.05) is 32.6 Å². The van der Waals surface area contributed by atoms with Crippen LogP contribution in [0, 0.1) is 6.92 Å². The molecule has 4 heteroatoms. The summed E-state index contributed by atoms with van der Waals surface area (Å²) < 4.78 is 5.60. The van der Waals surface area contributed by atoms with Crippen LogP contribution in [0.1, 0.15) is 23.1 Å². The number of carbonyl (C=O) groups excluding carboxylic acids is 1. The van der Waals surface area contributed by atoms with Crippen LogP contribution in [-0.2, 0) is 4.79 Å². The van der Waals surface area contributed by atoms with Crippen LogP contribution in [0.15, 0.2) is 54.6 Å². The maximum atomic E-state index is 12.2. The molecule has 1 aliphatic rings. The van der Waals surface area contributed by atoms with Crippen molar-refractivity contribution in [2.45, 2.75) is 13.3 Å². The van der Waals surface area contributed by atoms with Gasteiger partial charge in [0.1, 0.15) is 5.75 Å². The zero-order valence-electron chi connectivity index (χ0n) is 16.2. The van der Waals surface area contributed by atoms with E-state index in [1.54, 1.807) is 13.2 Å². The monoisotopic (exact) mass is 362 g/mol. The van der Waals surface area contributed by atoms with E-state index >= 15 is 0 Å². The fourth-order valence-corrected chi connectivity index (χ4v) is 3.15. The third-order valence-electron chi connectivity index (χ3n) is 4.81. The van der Waals surface area contributed by atoms with Crippen LogP contribution in [0.25, 0.3) is 11.6 Å². The van der Waals surface area contributed by atoms with Gasteiger partial charge < -0.3 is 15.0 Å². The van der Waals surface area contributed by atoms with Gasteiger partial charge >= 0.3 is 0 Å². The number of amides is 1. The van der Waals surface area contributed by atoms with Gasteiger partial charge in [-0.2, -0.15) is 0 Å². The van der Waals surface area contributed by atoms with E-state index < -0.39 is 0 Å². The summed E-state index contributed by atoms with van der Waals surface area (Å²) in [6.45, 7) is 3.98. The Morgan fingerprint density at radius 3 is 2.74 bits per heavy atom. The SMILES string of the molecule is COc1cc(/C=C/C(=O)Nc2ccccc2C)ccc1C1=CCN(C)CC1. The van der Waals surface area contributed by atoms with Gasteiger partial charge in [0, 0.05) is 30.4 Å². The van der Waals surface area contributed by atoms with Crippen molar-refractivity contribution >= 4 is 23.2 Å². The van der Waals surface area contributed by atoms with Crippen molar-refractivity contribution in [1.82, 2.24) is 4.90 Å². The molecular formula is C23H26N2O2. The number of carbonyl (C=O) groups is 1. The molecule has 3 rings (SSSR count). The number of benzene rings is 2. The van der Waals surface area contributed by atoms with Gasteiger partial charge in [0.15, 0.2) is 0 Å². The van der Waals surface area contributed by atoms with E-state index in [2.05, 4.69) is 29.4 Å². The van der Waals surface area contributed by atoms with Crippen molar-refractivity contribution in [3.8, 4) is 5.75 Å². The lowest BCUT2D eigenvalue weighted by Gasteiger charge is -2.23. The first-order chi connectivity index (χ1) is 13.1. The number of likely N-dealkylation sites (N-methyl/N-ethyl adjacent to an activating group) is 1. The molecule has 0 spiro atoms. The molecule has 0 saturated carbocycles. The Kier molecular flexibility index (Phi) is 6.09. The molecule has 2 aromatic rings. The van der Waals surface area contributed by atoms with Crippen molar-refractivity contribution in [2.24, 2.45) is 0 Å². The summed E-state index contributed by atoms with van der Waals surface area (Å²) in [7, 11) is 3.81. The lowest BCUT2D eigenvalue weighted by atomic mass is 9.97. The Labute approximate surface area is 161 Å². The fourth-order valence-electron chi connectivity index (χ4n) is 3.15. The zero-order valence-corrected chi connectivity index (χ0v) is 16.2. The molecular weight excluding hydrogens is 336 g/mol. The lowest BCUT2D eigenvalue weighted by molar-refractivity contribution is -0.111. The highest BCUT2D eigenvalue weighted by atomic mass is 16.5. The maximum absolute atomic E-state index is 12.2. The number of aryl methyl sites for hydroxylation is 1. The van der Waals surface area contributed by atoms with Crippen LogP contribution in [-0.4, -0.2) is 38.1 Å². The number of hydrogen-bond donors (Lipinski definition) is 1. The number of anilines is 1. The Balaban J connectivity index is 1.73. The second kappa shape index (κ2) is 8.69. The number of nitrogens with zero attached hydrogens (tertiary/aromatic N) is 1. The van der Waals surface area contributed by atoms with Crippen molar-refractivity contribution < 1.29 is 9.53 Å². The quantitative estimate of drug-likeness (QED) is 0.803.